The van der Waals surface area contributed by atoms with Gasteiger partial charge in [0.05, 0.1) is 40.1 Å². The molecule has 0 aliphatic carbocycles. The summed E-state index contributed by atoms with van der Waals surface area (Å²) in [7, 11) is 4.33. The van der Waals surface area contributed by atoms with Crippen LogP contribution in [0.4, 0.5) is 4.79 Å². The second kappa shape index (κ2) is 19.3. The molecule has 4 aromatic rings. The van der Waals surface area contributed by atoms with Gasteiger partial charge in [0.15, 0.2) is 0 Å². The van der Waals surface area contributed by atoms with Crippen molar-refractivity contribution in [3.05, 3.63) is 114 Å². The van der Waals surface area contributed by atoms with Gasteiger partial charge in [-0.3, -0.25) is 9.59 Å². The first-order chi connectivity index (χ1) is 24.7. The molecule has 270 valence electrons. The lowest BCUT2D eigenvalue weighted by atomic mass is 9.98. The molecule has 3 atom stereocenters. The van der Waals surface area contributed by atoms with Crippen LogP contribution in [-0.2, 0) is 36.9 Å². The second-order valence-corrected chi connectivity index (χ2v) is 11.6. The second-order valence-electron chi connectivity index (χ2n) is 11.6. The predicted molar refractivity (Wildman–Crippen MR) is 188 cm³/mol. The molecule has 0 fully saturated rings. The van der Waals surface area contributed by atoms with Crippen molar-refractivity contribution in [2.75, 3.05) is 27.9 Å². The molecule has 5 N–H and O–H groups in total. The Morgan fingerprint density at radius 2 is 1.43 bits per heavy atom. The van der Waals surface area contributed by atoms with Crippen LogP contribution in [0.5, 0.6) is 11.5 Å². The molecule has 1 heterocycles. The van der Waals surface area contributed by atoms with Crippen LogP contribution in [0.25, 0.3) is 0 Å². The molecule has 0 saturated heterocycles. The molecule has 0 saturated carbocycles. The van der Waals surface area contributed by atoms with Crippen LogP contribution in [-0.4, -0.2) is 79.8 Å². The Morgan fingerprint density at radius 3 is 1.98 bits per heavy atom. The highest BCUT2D eigenvalue weighted by Crippen LogP contribution is 2.26. The molecule has 0 aliphatic heterocycles. The summed E-state index contributed by atoms with van der Waals surface area (Å²) in [6, 6.07) is 19.6. The minimum Gasteiger partial charge on any atom is -0.497 e. The van der Waals surface area contributed by atoms with Gasteiger partial charge in [0.2, 0.25) is 11.8 Å². The van der Waals surface area contributed by atoms with Gasteiger partial charge < -0.3 is 45.2 Å². The molecule has 3 aromatic carbocycles. The molecule has 0 unspecified atom stereocenters. The van der Waals surface area contributed by atoms with E-state index in [2.05, 4.69) is 31.2 Å². The van der Waals surface area contributed by atoms with Gasteiger partial charge in [-0.2, -0.15) is 0 Å². The number of aromatic nitrogens is 2. The smallest absolute Gasteiger partial charge is 0.408 e. The summed E-state index contributed by atoms with van der Waals surface area (Å²) in [6.07, 6.45) is 2.45. The standard InChI is InChI=1S/C37H44N6O8/c1-24(39-19-18-28-21-38-23-40-28)33(36(46)50-4)43-35(45)31(41-37(47)51-22-25-8-6-5-7-9-25)20-32(44)42-34(26-10-14-29(48-2)15-11-26)27-12-16-30(49-3)17-13-27/h5-17,21,23-24,31,33-34,39H,18-20,22H2,1-4H3,(H,38,40)(H,41,47)(H,42,44)(H,43,45)/t24-,31+,33+/m1/s1. The van der Waals surface area contributed by atoms with E-state index in [-0.39, 0.29) is 6.61 Å². The van der Waals surface area contributed by atoms with E-state index in [1.807, 2.05) is 30.3 Å². The molecule has 0 bridgehead atoms. The number of esters is 1. The van der Waals surface area contributed by atoms with Gasteiger partial charge >= 0.3 is 12.1 Å². The summed E-state index contributed by atoms with van der Waals surface area (Å²) >= 11 is 0. The maximum atomic E-state index is 13.8. The van der Waals surface area contributed by atoms with Crippen LogP contribution < -0.4 is 30.7 Å². The number of rotatable bonds is 18. The largest absolute Gasteiger partial charge is 0.497 e. The zero-order valence-corrected chi connectivity index (χ0v) is 29.0. The molecule has 51 heavy (non-hydrogen) atoms. The van der Waals surface area contributed by atoms with E-state index in [0.29, 0.717) is 24.5 Å². The Labute approximate surface area is 296 Å². The van der Waals surface area contributed by atoms with Crippen LogP contribution in [0.1, 0.15) is 41.8 Å². The number of hydrogen-bond acceptors (Lipinski definition) is 10. The Bertz CT molecular complexity index is 1640. The lowest BCUT2D eigenvalue weighted by Gasteiger charge is -2.27. The van der Waals surface area contributed by atoms with Crippen molar-refractivity contribution in [1.29, 1.82) is 0 Å². The van der Waals surface area contributed by atoms with E-state index in [1.54, 1.807) is 82.2 Å². The number of benzene rings is 3. The van der Waals surface area contributed by atoms with E-state index >= 15 is 0 Å². The zero-order chi connectivity index (χ0) is 36.6. The first kappa shape index (κ1) is 37.9. The van der Waals surface area contributed by atoms with E-state index in [9.17, 15) is 19.2 Å². The maximum absolute atomic E-state index is 13.8. The summed E-state index contributed by atoms with van der Waals surface area (Å²) in [6.45, 7) is 2.11. The Kier molecular flexibility index (Phi) is 14.4. The average Bonchev–Trinajstić information content (AvgIpc) is 3.68. The Morgan fingerprint density at radius 1 is 0.804 bits per heavy atom. The summed E-state index contributed by atoms with van der Waals surface area (Å²) in [5.74, 6) is -0.781. The number of nitrogens with one attached hydrogen (secondary N) is 5. The summed E-state index contributed by atoms with van der Waals surface area (Å²) in [5, 5.41) is 11.4. The van der Waals surface area contributed by atoms with Crippen LogP contribution in [0, 0.1) is 0 Å². The van der Waals surface area contributed by atoms with Crippen molar-refractivity contribution in [1.82, 2.24) is 31.2 Å². The molecule has 3 amide bonds. The van der Waals surface area contributed by atoms with Gasteiger partial charge in [-0.25, -0.2) is 14.6 Å². The van der Waals surface area contributed by atoms with E-state index in [4.69, 9.17) is 18.9 Å². The van der Waals surface area contributed by atoms with Gasteiger partial charge in [-0.05, 0) is 47.9 Å². The molecular weight excluding hydrogens is 656 g/mol. The molecule has 4 rings (SSSR count). The first-order valence-corrected chi connectivity index (χ1v) is 16.3. The molecule has 14 nitrogen and oxygen atoms in total. The lowest BCUT2D eigenvalue weighted by molar-refractivity contribution is -0.146. The maximum Gasteiger partial charge on any atom is 0.408 e. The topological polar surface area (TPSA) is 182 Å². The van der Waals surface area contributed by atoms with Crippen molar-refractivity contribution in [3.63, 3.8) is 0 Å². The Hall–Kier alpha value is -5.89. The van der Waals surface area contributed by atoms with Crippen LogP contribution in [0.15, 0.2) is 91.4 Å². The number of imidazole rings is 1. The normalized spacial score (nSPS) is 12.6. The summed E-state index contributed by atoms with van der Waals surface area (Å²) < 4.78 is 20.9. The third-order valence-electron chi connectivity index (χ3n) is 8.08. The van der Waals surface area contributed by atoms with E-state index < -0.39 is 54.5 Å². The molecule has 0 spiro atoms. The number of carbonyl (C=O) groups excluding carboxylic acids is 4. The molecule has 0 aliphatic rings. The van der Waals surface area contributed by atoms with Crippen molar-refractivity contribution < 1.29 is 38.1 Å². The van der Waals surface area contributed by atoms with Gasteiger partial charge in [0.25, 0.3) is 0 Å². The van der Waals surface area contributed by atoms with Crippen molar-refractivity contribution in [3.8, 4) is 11.5 Å². The van der Waals surface area contributed by atoms with E-state index in [0.717, 1.165) is 22.4 Å². The van der Waals surface area contributed by atoms with E-state index in [1.165, 1.54) is 7.11 Å². The number of carbonyl (C=O) groups is 4. The fourth-order valence-electron chi connectivity index (χ4n) is 5.22. The van der Waals surface area contributed by atoms with Crippen LogP contribution in [0.2, 0.25) is 0 Å². The number of H-pyrrole nitrogens is 1. The number of aromatic amines is 1. The van der Waals surface area contributed by atoms with Crippen molar-refractivity contribution >= 4 is 23.9 Å². The van der Waals surface area contributed by atoms with Crippen molar-refractivity contribution in [2.45, 2.75) is 50.5 Å². The average molecular weight is 701 g/mol. The number of methoxy groups -OCH3 is 3. The highest BCUT2D eigenvalue weighted by atomic mass is 16.5. The monoisotopic (exact) mass is 700 g/mol. The quantitative estimate of drug-likeness (QED) is 0.0968. The Balaban J connectivity index is 1.53. The SMILES string of the molecule is COC(=O)[C@@H](NC(=O)[C@H](CC(=O)NC(c1ccc(OC)cc1)c1ccc(OC)cc1)NC(=O)OCc1ccccc1)[C@@H](C)NCCc1cnc[nH]1. The first-order valence-electron chi connectivity index (χ1n) is 16.3. The fourth-order valence-corrected chi connectivity index (χ4v) is 5.22. The molecule has 14 heteroatoms. The number of hydrogen-bond donors (Lipinski definition) is 5. The third-order valence-corrected chi connectivity index (χ3v) is 8.08. The highest BCUT2D eigenvalue weighted by Gasteiger charge is 2.33. The van der Waals surface area contributed by atoms with Crippen LogP contribution >= 0.6 is 0 Å². The fraction of sp³-hybridized carbons (Fsp3) is 0.324. The van der Waals surface area contributed by atoms with Crippen molar-refractivity contribution in [2.24, 2.45) is 0 Å². The number of amides is 3. The molecule has 1 aromatic heterocycles. The zero-order valence-electron chi connectivity index (χ0n) is 29.0. The molecule has 0 radical (unpaired) electrons. The highest BCUT2D eigenvalue weighted by molar-refractivity contribution is 5.93. The lowest BCUT2D eigenvalue weighted by Crippen LogP contribution is -2.58. The van der Waals surface area contributed by atoms with Gasteiger partial charge in [0.1, 0.15) is 30.2 Å². The van der Waals surface area contributed by atoms with Gasteiger partial charge in [-0.15, -0.1) is 0 Å². The number of alkyl carbamates (subject to hydrolysis) is 1. The summed E-state index contributed by atoms with van der Waals surface area (Å²) in [4.78, 5) is 60.4. The van der Waals surface area contributed by atoms with Gasteiger partial charge in [0, 0.05) is 30.9 Å². The van der Waals surface area contributed by atoms with Crippen LogP contribution in [0.3, 0.4) is 0 Å². The predicted octanol–water partition coefficient (Wildman–Crippen LogP) is 3.20. The van der Waals surface area contributed by atoms with Gasteiger partial charge in [-0.1, -0.05) is 54.6 Å². The number of ether oxygens (including phenoxy) is 4. The third kappa shape index (κ3) is 11.6. The minimum atomic E-state index is -1.43. The number of nitrogens with zero attached hydrogens (tertiary/aromatic N) is 1. The minimum absolute atomic E-state index is 0.0632. The summed E-state index contributed by atoms with van der Waals surface area (Å²) in [5.41, 5.74) is 3.10. The molecular formula is C37H44N6O8.